The molecule has 1 aliphatic rings. The van der Waals surface area contributed by atoms with Crippen LogP contribution in [0.3, 0.4) is 0 Å². The number of nitrogens with two attached hydrogens (primary N) is 1. The molecule has 1 unspecified atom stereocenters. The van der Waals surface area contributed by atoms with E-state index in [9.17, 15) is 4.79 Å². The fourth-order valence-corrected chi connectivity index (χ4v) is 3.47. The third-order valence-corrected chi connectivity index (χ3v) is 4.97. The Morgan fingerprint density at radius 2 is 2.43 bits per heavy atom. The zero-order valence-electron chi connectivity index (χ0n) is 11.6. The molecule has 1 aromatic carbocycles. The molecule has 0 saturated carbocycles. The molecule has 0 aliphatic carbocycles. The van der Waals surface area contributed by atoms with Crippen molar-refractivity contribution in [2.24, 2.45) is 10.7 Å². The Labute approximate surface area is 132 Å². The summed E-state index contributed by atoms with van der Waals surface area (Å²) in [5, 5.41) is 7.11. The molecule has 0 fully saturated rings. The van der Waals surface area contributed by atoms with Gasteiger partial charge in [0.25, 0.3) is 5.91 Å². The number of nitrogens with zero attached hydrogens (tertiary/aromatic N) is 2. The molecule has 0 aromatic heterocycles. The highest BCUT2D eigenvalue weighted by Gasteiger charge is 2.26. The average Bonchev–Trinajstić information content (AvgIpc) is 2.93. The van der Waals surface area contributed by atoms with Gasteiger partial charge in [-0.05, 0) is 24.5 Å². The van der Waals surface area contributed by atoms with E-state index in [0.29, 0.717) is 11.7 Å². The number of carbonyl (C=O) groups is 1. The van der Waals surface area contributed by atoms with Crippen molar-refractivity contribution in [1.82, 2.24) is 0 Å². The van der Waals surface area contributed by atoms with Crippen LogP contribution in [-0.2, 0) is 4.79 Å². The minimum absolute atomic E-state index is 0.128. The van der Waals surface area contributed by atoms with Gasteiger partial charge in [-0.15, -0.1) is 11.8 Å². The predicted octanol–water partition coefficient (Wildman–Crippen LogP) is 2.64. The number of benzene rings is 1. The van der Waals surface area contributed by atoms with Crippen molar-refractivity contribution >= 4 is 52.9 Å². The number of anilines is 1. The second-order valence-corrected chi connectivity index (χ2v) is 6.16. The van der Waals surface area contributed by atoms with Gasteiger partial charge in [0.05, 0.1) is 27.4 Å². The summed E-state index contributed by atoms with van der Waals surface area (Å²) in [5.74, 6) is 0.806. The molecule has 7 heteroatoms. The summed E-state index contributed by atoms with van der Waals surface area (Å²) < 4.78 is 0. The Morgan fingerprint density at radius 1 is 1.67 bits per heavy atom. The zero-order valence-corrected chi connectivity index (χ0v) is 13.2. The summed E-state index contributed by atoms with van der Waals surface area (Å²) in [7, 11) is 0. The van der Waals surface area contributed by atoms with Gasteiger partial charge in [-0.2, -0.15) is 0 Å². The normalized spacial score (nSPS) is 15.5. The Balaban J connectivity index is 2.39. The molecule has 2 rings (SSSR count). The Bertz CT molecular complexity index is 615. The van der Waals surface area contributed by atoms with Crippen LogP contribution in [0.1, 0.15) is 0 Å². The fourth-order valence-electron chi connectivity index (χ4n) is 1.93. The Morgan fingerprint density at radius 3 is 3.05 bits per heavy atom. The van der Waals surface area contributed by atoms with Gasteiger partial charge in [0, 0.05) is 6.21 Å². The highest BCUT2D eigenvalue weighted by molar-refractivity contribution is 8.00. The minimum Gasteiger partial charge on any atom is -0.386 e. The van der Waals surface area contributed by atoms with Gasteiger partial charge in [0.15, 0.2) is 0 Å². The first-order valence-electron chi connectivity index (χ1n) is 6.19. The van der Waals surface area contributed by atoms with Gasteiger partial charge in [-0.25, -0.2) is 4.99 Å². The van der Waals surface area contributed by atoms with Crippen molar-refractivity contribution in [1.29, 1.82) is 5.41 Å². The standard InChI is InChI=1S/C14H16N4OS2/c1-3-12(19)18-8-21-13-9(5-4-6-10(13)18)17-14(16)11(7-15)20-2/h3-7,11,15H,1,8H2,2H3,(H2,16,17). The zero-order chi connectivity index (χ0) is 15.4. The topological polar surface area (TPSA) is 82.5 Å². The minimum atomic E-state index is -0.238. The summed E-state index contributed by atoms with van der Waals surface area (Å²) in [6, 6.07) is 5.59. The lowest BCUT2D eigenvalue weighted by molar-refractivity contribution is -0.113. The molecule has 1 atom stereocenters. The van der Waals surface area contributed by atoms with Gasteiger partial charge in [0.2, 0.25) is 0 Å². The number of amides is 1. The maximum atomic E-state index is 11.8. The first-order chi connectivity index (χ1) is 10.1. The summed E-state index contributed by atoms with van der Waals surface area (Å²) in [6.45, 7) is 3.52. The molecule has 0 bridgehead atoms. The number of hydrogen-bond donors (Lipinski definition) is 2. The van der Waals surface area contributed by atoms with Crippen LogP contribution in [0.15, 0.2) is 40.7 Å². The summed E-state index contributed by atoms with van der Waals surface area (Å²) in [5.41, 5.74) is 7.52. The number of aliphatic imine (C=N–C) groups is 1. The fraction of sp³-hybridized carbons (Fsp3) is 0.214. The highest BCUT2D eigenvalue weighted by atomic mass is 32.2. The lowest BCUT2D eigenvalue weighted by atomic mass is 10.2. The van der Waals surface area contributed by atoms with Gasteiger partial charge in [0.1, 0.15) is 5.84 Å². The molecule has 0 saturated heterocycles. The second-order valence-electron chi connectivity index (χ2n) is 4.23. The maximum absolute atomic E-state index is 11.8. The number of carbonyl (C=O) groups excluding carboxylic acids is 1. The maximum Gasteiger partial charge on any atom is 0.251 e. The van der Waals surface area contributed by atoms with E-state index in [2.05, 4.69) is 11.6 Å². The van der Waals surface area contributed by atoms with Crippen molar-refractivity contribution in [2.45, 2.75) is 10.1 Å². The Kier molecular flexibility index (Phi) is 5.08. The van der Waals surface area contributed by atoms with E-state index in [1.165, 1.54) is 24.1 Å². The third kappa shape index (κ3) is 3.14. The molecule has 1 heterocycles. The van der Waals surface area contributed by atoms with Gasteiger partial charge in [-0.3, -0.25) is 9.69 Å². The van der Waals surface area contributed by atoms with Gasteiger partial charge < -0.3 is 11.1 Å². The number of rotatable bonds is 5. The molecule has 1 aliphatic heterocycles. The van der Waals surface area contributed by atoms with Crippen LogP contribution in [0.5, 0.6) is 0 Å². The van der Waals surface area contributed by atoms with Crippen LogP contribution in [0.2, 0.25) is 0 Å². The quantitative estimate of drug-likeness (QED) is 0.496. The van der Waals surface area contributed by atoms with E-state index < -0.39 is 0 Å². The summed E-state index contributed by atoms with van der Waals surface area (Å²) in [4.78, 5) is 18.8. The number of thioether (sulfide) groups is 2. The molecule has 0 radical (unpaired) electrons. The van der Waals surface area contributed by atoms with Crippen molar-refractivity contribution in [3.63, 3.8) is 0 Å². The first-order valence-corrected chi connectivity index (χ1v) is 8.47. The van der Waals surface area contributed by atoms with Crippen molar-refractivity contribution in [3.05, 3.63) is 30.9 Å². The van der Waals surface area contributed by atoms with Crippen LogP contribution in [0.4, 0.5) is 11.4 Å². The smallest absolute Gasteiger partial charge is 0.251 e. The highest BCUT2D eigenvalue weighted by Crippen LogP contribution is 2.44. The van der Waals surface area contributed by atoms with E-state index in [1.54, 1.807) is 16.7 Å². The first kappa shape index (κ1) is 15.7. The monoisotopic (exact) mass is 320 g/mol. The summed E-state index contributed by atoms with van der Waals surface area (Å²) >= 11 is 3.00. The SMILES string of the molecule is C=CC(=O)N1CSc2c(N=C(N)C(C=N)SC)cccc21. The predicted molar refractivity (Wildman–Crippen MR) is 92.2 cm³/mol. The van der Waals surface area contributed by atoms with Crippen molar-refractivity contribution < 1.29 is 4.79 Å². The molecular weight excluding hydrogens is 304 g/mol. The lowest BCUT2D eigenvalue weighted by Gasteiger charge is -2.14. The molecule has 5 nitrogen and oxygen atoms in total. The summed E-state index contributed by atoms with van der Waals surface area (Å²) in [6.07, 6.45) is 4.46. The number of nitrogens with one attached hydrogen (secondary N) is 1. The van der Waals surface area contributed by atoms with Crippen LogP contribution in [-0.4, -0.2) is 35.3 Å². The van der Waals surface area contributed by atoms with E-state index in [0.717, 1.165) is 16.3 Å². The largest absolute Gasteiger partial charge is 0.386 e. The second kappa shape index (κ2) is 6.82. The molecule has 21 heavy (non-hydrogen) atoms. The van der Waals surface area contributed by atoms with E-state index in [-0.39, 0.29) is 11.2 Å². The molecule has 3 N–H and O–H groups in total. The van der Waals surface area contributed by atoms with Crippen LogP contribution < -0.4 is 10.6 Å². The van der Waals surface area contributed by atoms with Gasteiger partial charge >= 0.3 is 0 Å². The molecule has 0 spiro atoms. The van der Waals surface area contributed by atoms with E-state index in [4.69, 9.17) is 11.1 Å². The Hall–Kier alpha value is -1.73. The van der Waals surface area contributed by atoms with Crippen LogP contribution in [0.25, 0.3) is 0 Å². The van der Waals surface area contributed by atoms with Crippen LogP contribution >= 0.6 is 23.5 Å². The van der Waals surface area contributed by atoms with Crippen molar-refractivity contribution in [3.8, 4) is 0 Å². The van der Waals surface area contributed by atoms with Gasteiger partial charge in [-0.1, -0.05) is 24.4 Å². The lowest BCUT2D eigenvalue weighted by Crippen LogP contribution is -2.26. The third-order valence-electron chi connectivity index (χ3n) is 2.99. The molecule has 110 valence electrons. The van der Waals surface area contributed by atoms with Crippen LogP contribution in [0, 0.1) is 5.41 Å². The number of amidine groups is 1. The molecule has 1 aromatic rings. The van der Waals surface area contributed by atoms with Crippen molar-refractivity contribution in [2.75, 3.05) is 17.0 Å². The average molecular weight is 320 g/mol. The number of hydrogen-bond acceptors (Lipinski definition) is 5. The van der Waals surface area contributed by atoms with E-state index >= 15 is 0 Å². The molecular formula is C14H16N4OS2. The number of fused-ring (bicyclic) bond motifs is 1. The van der Waals surface area contributed by atoms with E-state index in [1.807, 2.05) is 24.5 Å². The molecule has 1 amide bonds.